The van der Waals surface area contributed by atoms with Gasteiger partial charge in [0, 0.05) is 0 Å². The number of hydrogen-bond acceptors (Lipinski definition) is 0. The van der Waals surface area contributed by atoms with E-state index in [0.29, 0.717) is 0 Å². The van der Waals surface area contributed by atoms with Gasteiger partial charge in [-0.05, 0) is 84.1 Å². The standard InChI is InChI=1S/C39H26/c1-25-19-21-26(22-20-25)29-23-24-34-37-30(29)17-10-18-33(37)38-35(27-11-4-2-5-12-27)31-15-8-9-16-32(31)36(39(34)38)28-13-6-3-7-14-28/h2-24H,1H3. The van der Waals surface area contributed by atoms with Gasteiger partial charge in [-0.2, -0.15) is 0 Å². The van der Waals surface area contributed by atoms with Crippen molar-refractivity contribution in [2.45, 2.75) is 6.92 Å². The maximum Gasteiger partial charge on any atom is -0.000741 e. The van der Waals surface area contributed by atoms with Crippen LogP contribution in [0.4, 0.5) is 0 Å². The molecule has 8 rings (SSSR count). The monoisotopic (exact) mass is 494 g/mol. The minimum atomic E-state index is 1.26. The molecule has 0 heteroatoms. The van der Waals surface area contributed by atoms with E-state index in [4.69, 9.17) is 0 Å². The molecule has 0 heterocycles. The number of rotatable bonds is 3. The normalized spacial score (nSPS) is 11.7. The highest BCUT2D eigenvalue weighted by Gasteiger charge is 2.30. The van der Waals surface area contributed by atoms with Crippen LogP contribution in [0.3, 0.4) is 0 Å². The number of fused-ring (bicyclic) bond motifs is 4. The summed E-state index contributed by atoms with van der Waals surface area (Å²) in [5.41, 5.74) is 14.3. The van der Waals surface area contributed by atoms with Crippen LogP contribution in [-0.4, -0.2) is 0 Å². The van der Waals surface area contributed by atoms with Crippen molar-refractivity contribution < 1.29 is 0 Å². The lowest BCUT2D eigenvalue weighted by atomic mass is 9.82. The third kappa shape index (κ3) is 3.25. The van der Waals surface area contributed by atoms with Crippen LogP contribution >= 0.6 is 0 Å². The summed E-state index contributed by atoms with van der Waals surface area (Å²) >= 11 is 0. The molecule has 1 aliphatic rings. The van der Waals surface area contributed by atoms with Crippen molar-refractivity contribution >= 4 is 21.5 Å². The maximum atomic E-state index is 2.36. The molecule has 0 fully saturated rings. The zero-order valence-electron chi connectivity index (χ0n) is 21.8. The SMILES string of the molecule is Cc1ccc(-c2ccc3c4c(cccc24)-c2c-3c(-c3ccccc3)c3ccccc3c2-c2ccccc2)cc1. The molecule has 0 unspecified atom stereocenters. The molecule has 0 atom stereocenters. The Labute approximate surface area is 228 Å². The summed E-state index contributed by atoms with van der Waals surface area (Å²) in [4.78, 5) is 0. The molecule has 0 aliphatic heterocycles. The summed E-state index contributed by atoms with van der Waals surface area (Å²) in [5, 5.41) is 5.26. The van der Waals surface area contributed by atoms with Gasteiger partial charge in [0.15, 0.2) is 0 Å². The first-order valence-corrected chi connectivity index (χ1v) is 13.6. The van der Waals surface area contributed by atoms with E-state index >= 15 is 0 Å². The minimum absolute atomic E-state index is 1.26. The summed E-state index contributed by atoms with van der Waals surface area (Å²) in [7, 11) is 0. The third-order valence-electron chi connectivity index (χ3n) is 8.28. The summed E-state index contributed by atoms with van der Waals surface area (Å²) in [6.45, 7) is 2.15. The first kappa shape index (κ1) is 22.1. The smallest absolute Gasteiger partial charge is 0.000741 e. The van der Waals surface area contributed by atoms with Crippen molar-refractivity contribution in [2.24, 2.45) is 0 Å². The highest BCUT2D eigenvalue weighted by atomic mass is 14.3. The lowest BCUT2D eigenvalue weighted by Gasteiger charge is -2.20. The van der Waals surface area contributed by atoms with Crippen molar-refractivity contribution in [1.29, 1.82) is 0 Å². The molecule has 39 heavy (non-hydrogen) atoms. The Morgan fingerprint density at radius 1 is 0.308 bits per heavy atom. The summed E-state index contributed by atoms with van der Waals surface area (Å²) in [5.74, 6) is 0. The second-order valence-corrected chi connectivity index (χ2v) is 10.5. The molecule has 7 aromatic carbocycles. The first-order chi connectivity index (χ1) is 19.3. The molecule has 0 N–H and O–H groups in total. The fourth-order valence-corrected chi connectivity index (χ4v) is 6.59. The van der Waals surface area contributed by atoms with E-state index in [-0.39, 0.29) is 0 Å². The average Bonchev–Trinajstić information content (AvgIpc) is 3.32. The fourth-order valence-electron chi connectivity index (χ4n) is 6.59. The predicted octanol–water partition coefficient (Wildman–Crippen LogP) is 10.9. The molecule has 0 saturated heterocycles. The summed E-state index contributed by atoms with van der Waals surface area (Å²) < 4.78 is 0. The van der Waals surface area contributed by atoms with Crippen LogP contribution in [0.15, 0.2) is 140 Å². The van der Waals surface area contributed by atoms with Crippen LogP contribution in [0, 0.1) is 6.92 Å². The predicted molar refractivity (Wildman–Crippen MR) is 167 cm³/mol. The molecule has 1 aliphatic carbocycles. The molecule has 0 spiro atoms. The van der Waals surface area contributed by atoms with Gasteiger partial charge in [0.25, 0.3) is 0 Å². The van der Waals surface area contributed by atoms with Crippen molar-refractivity contribution in [2.75, 3.05) is 0 Å². The van der Waals surface area contributed by atoms with Gasteiger partial charge in [-0.25, -0.2) is 0 Å². The van der Waals surface area contributed by atoms with E-state index in [1.165, 1.54) is 82.7 Å². The van der Waals surface area contributed by atoms with Crippen molar-refractivity contribution in [1.82, 2.24) is 0 Å². The van der Waals surface area contributed by atoms with E-state index in [1.54, 1.807) is 0 Å². The number of benzene rings is 7. The Morgan fingerprint density at radius 3 is 1.38 bits per heavy atom. The molecular weight excluding hydrogens is 468 g/mol. The highest BCUT2D eigenvalue weighted by molar-refractivity contribution is 6.28. The van der Waals surface area contributed by atoms with Gasteiger partial charge in [-0.1, -0.05) is 145 Å². The van der Waals surface area contributed by atoms with Crippen LogP contribution in [0.1, 0.15) is 5.56 Å². The van der Waals surface area contributed by atoms with Gasteiger partial charge in [0.05, 0.1) is 0 Å². The zero-order valence-corrected chi connectivity index (χ0v) is 21.8. The molecular formula is C39H26. The largest absolute Gasteiger partial charge is 0.0622 e. The molecule has 0 radical (unpaired) electrons. The van der Waals surface area contributed by atoms with E-state index in [1.807, 2.05) is 0 Å². The highest BCUT2D eigenvalue weighted by Crippen LogP contribution is 2.58. The summed E-state index contributed by atoms with van der Waals surface area (Å²) in [6.07, 6.45) is 0. The molecule has 182 valence electrons. The second kappa shape index (κ2) is 8.55. The zero-order chi connectivity index (χ0) is 25.9. The molecule has 0 nitrogen and oxygen atoms in total. The maximum absolute atomic E-state index is 2.36. The van der Waals surface area contributed by atoms with Gasteiger partial charge in [-0.15, -0.1) is 0 Å². The first-order valence-electron chi connectivity index (χ1n) is 13.6. The topological polar surface area (TPSA) is 0 Å². The molecule has 0 aromatic heterocycles. The number of hydrogen-bond donors (Lipinski definition) is 0. The van der Waals surface area contributed by atoms with E-state index in [2.05, 4.69) is 146 Å². The lowest BCUT2D eigenvalue weighted by Crippen LogP contribution is -1.93. The molecule has 0 bridgehead atoms. The van der Waals surface area contributed by atoms with Crippen LogP contribution in [-0.2, 0) is 0 Å². The summed E-state index contributed by atoms with van der Waals surface area (Å²) in [6, 6.07) is 51.3. The van der Waals surface area contributed by atoms with Crippen LogP contribution in [0.5, 0.6) is 0 Å². The van der Waals surface area contributed by atoms with E-state index in [9.17, 15) is 0 Å². The Bertz CT molecular complexity index is 1940. The second-order valence-electron chi connectivity index (χ2n) is 10.5. The Balaban J connectivity index is 1.57. The Kier molecular flexibility index (Phi) is 4.84. The molecule has 0 amide bonds. The van der Waals surface area contributed by atoms with Gasteiger partial charge >= 0.3 is 0 Å². The van der Waals surface area contributed by atoms with E-state index < -0.39 is 0 Å². The molecule has 7 aromatic rings. The van der Waals surface area contributed by atoms with Crippen molar-refractivity contribution in [3.8, 4) is 55.6 Å². The van der Waals surface area contributed by atoms with Crippen molar-refractivity contribution in [3.63, 3.8) is 0 Å². The molecule has 0 saturated carbocycles. The lowest BCUT2D eigenvalue weighted by molar-refractivity contribution is 1.47. The van der Waals surface area contributed by atoms with Gasteiger partial charge in [0.1, 0.15) is 0 Å². The van der Waals surface area contributed by atoms with Gasteiger partial charge in [-0.3, -0.25) is 0 Å². The third-order valence-corrected chi connectivity index (χ3v) is 8.28. The van der Waals surface area contributed by atoms with Crippen LogP contribution < -0.4 is 0 Å². The number of aryl methyl sites for hydroxylation is 1. The Morgan fingerprint density at radius 2 is 0.795 bits per heavy atom. The average molecular weight is 495 g/mol. The van der Waals surface area contributed by atoms with E-state index in [0.717, 1.165) is 0 Å². The quantitative estimate of drug-likeness (QED) is 0.229. The fraction of sp³-hybridized carbons (Fsp3) is 0.0256. The van der Waals surface area contributed by atoms with Crippen molar-refractivity contribution in [3.05, 3.63) is 145 Å². The van der Waals surface area contributed by atoms with Gasteiger partial charge in [0.2, 0.25) is 0 Å². The van der Waals surface area contributed by atoms with Crippen LogP contribution in [0.2, 0.25) is 0 Å². The van der Waals surface area contributed by atoms with Gasteiger partial charge < -0.3 is 0 Å². The Hall–Kier alpha value is -4.94. The minimum Gasteiger partial charge on any atom is -0.0622 e. The van der Waals surface area contributed by atoms with Crippen LogP contribution in [0.25, 0.3) is 77.2 Å².